The van der Waals surface area contributed by atoms with Gasteiger partial charge in [0.05, 0.1) is 0 Å². The Kier molecular flexibility index (Phi) is 2.97. The maximum atomic E-state index is 10.6. The normalized spacial score (nSPS) is 11.3. The summed E-state index contributed by atoms with van der Waals surface area (Å²) >= 11 is 6.09. The van der Waals surface area contributed by atoms with E-state index >= 15 is 0 Å². The Labute approximate surface area is 97.9 Å². The third kappa shape index (κ3) is 2.25. The van der Waals surface area contributed by atoms with Gasteiger partial charge in [-0.15, -0.1) is 0 Å². The minimum atomic E-state index is -0.352. The Morgan fingerprint density at radius 2 is 2.31 bits per heavy atom. The van der Waals surface area contributed by atoms with Crippen molar-refractivity contribution >= 4 is 34.5 Å². The van der Waals surface area contributed by atoms with Crippen LogP contribution in [0.15, 0.2) is 30.5 Å². The molecule has 3 nitrogen and oxygen atoms in total. The molecule has 2 aromatic rings. The average Bonchev–Trinajstić information content (AvgIpc) is 2.64. The number of carbonyl (C=O) groups excluding carboxylic acids is 1. The van der Waals surface area contributed by atoms with E-state index in [4.69, 9.17) is 17.3 Å². The van der Waals surface area contributed by atoms with Gasteiger partial charge >= 0.3 is 0 Å². The number of amides is 1. The van der Waals surface area contributed by atoms with E-state index in [2.05, 4.69) is 4.98 Å². The fraction of sp³-hybridized carbons (Fsp3) is 0.0833. The molecule has 1 heterocycles. The van der Waals surface area contributed by atoms with Crippen molar-refractivity contribution in [3.8, 4) is 0 Å². The van der Waals surface area contributed by atoms with Gasteiger partial charge in [-0.1, -0.05) is 23.8 Å². The number of nitrogens with two attached hydrogens (primary N) is 1. The standard InChI is InChI=1S/C12H11ClN2O/c13-10-7-11-9(4-5-15-11)6-8(10)2-1-3-12(14)16/h1-2,4-7,15H,3H2,(H2,14,16). The van der Waals surface area contributed by atoms with Crippen LogP contribution in [0.3, 0.4) is 0 Å². The second kappa shape index (κ2) is 4.41. The fourth-order valence-electron chi connectivity index (χ4n) is 1.52. The van der Waals surface area contributed by atoms with Crippen LogP contribution in [0.5, 0.6) is 0 Å². The van der Waals surface area contributed by atoms with Gasteiger partial charge in [0, 0.05) is 28.5 Å². The number of hydrogen-bond acceptors (Lipinski definition) is 1. The van der Waals surface area contributed by atoms with E-state index in [1.54, 1.807) is 12.2 Å². The first kappa shape index (κ1) is 10.8. The molecule has 2 rings (SSSR count). The molecule has 0 atom stereocenters. The van der Waals surface area contributed by atoms with E-state index in [9.17, 15) is 4.79 Å². The number of primary amides is 1. The first-order chi connectivity index (χ1) is 7.66. The van der Waals surface area contributed by atoms with Crippen LogP contribution in [0.4, 0.5) is 0 Å². The number of nitrogens with one attached hydrogen (secondary N) is 1. The predicted molar refractivity (Wildman–Crippen MR) is 66.2 cm³/mol. The summed E-state index contributed by atoms with van der Waals surface area (Å²) < 4.78 is 0. The van der Waals surface area contributed by atoms with Crippen molar-refractivity contribution in [3.63, 3.8) is 0 Å². The van der Waals surface area contributed by atoms with Crippen LogP contribution >= 0.6 is 11.6 Å². The SMILES string of the molecule is NC(=O)CC=Cc1cc2cc[nH]c2cc1Cl. The summed E-state index contributed by atoms with van der Waals surface area (Å²) in [6.07, 6.45) is 5.60. The largest absolute Gasteiger partial charge is 0.369 e. The molecule has 4 heteroatoms. The van der Waals surface area contributed by atoms with Crippen molar-refractivity contribution in [2.24, 2.45) is 5.73 Å². The van der Waals surface area contributed by atoms with E-state index in [0.717, 1.165) is 16.5 Å². The molecule has 1 amide bonds. The molecule has 0 aliphatic carbocycles. The van der Waals surface area contributed by atoms with Gasteiger partial charge in [-0.3, -0.25) is 4.79 Å². The van der Waals surface area contributed by atoms with Gasteiger partial charge in [0.2, 0.25) is 5.91 Å². The van der Waals surface area contributed by atoms with Crippen LogP contribution in [-0.4, -0.2) is 10.9 Å². The first-order valence-electron chi connectivity index (χ1n) is 4.88. The second-order valence-corrected chi connectivity index (χ2v) is 3.92. The maximum absolute atomic E-state index is 10.6. The van der Waals surface area contributed by atoms with Crippen molar-refractivity contribution in [1.29, 1.82) is 0 Å². The van der Waals surface area contributed by atoms with Crippen molar-refractivity contribution in [2.45, 2.75) is 6.42 Å². The van der Waals surface area contributed by atoms with Crippen LogP contribution in [-0.2, 0) is 4.79 Å². The van der Waals surface area contributed by atoms with Gasteiger partial charge in [-0.25, -0.2) is 0 Å². The van der Waals surface area contributed by atoms with Gasteiger partial charge in [-0.2, -0.15) is 0 Å². The van der Waals surface area contributed by atoms with E-state index in [-0.39, 0.29) is 12.3 Å². The summed E-state index contributed by atoms with van der Waals surface area (Å²) in [4.78, 5) is 13.7. The van der Waals surface area contributed by atoms with Crippen LogP contribution in [0.25, 0.3) is 17.0 Å². The minimum absolute atomic E-state index is 0.224. The average molecular weight is 235 g/mol. The summed E-state index contributed by atoms with van der Waals surface area (Å²) in [6, 6.07) is 5.80. The second-order valence-electron chi connectivity index (χ2n) is 3.51. The van der Waals surface area contributed by atoms with Crippen molar-refractivity contribution in [1.82, 2.24) is 4.98 Å². The van der Waals surface area contributed by atoms with Crippen molar-refractivity contribution in [3.05, 3.63) is 41.1 Å². The van der Waals surface area contributed by atoms with E-state index in [1.807, 2.05) is 24.4 Å². The van der Waals surface area contributed by atoms with Crippen molar-refractivity contribution in [2.75, 3.05) is 0 Å². The molecule has 0 saturated carbocycles. The lowest BCUT2D eigenvalue weighted by Crippen LogP contribution is -2.07. The monoisotopic (exact) mass is 234 g/mol. The van der Waals surface area contributed by atoms with Gasteiger partial charge in [-0.05, 0) is 23.8 Å². The van der Waals surface area contributed by atoms with Gasteiger partial charge in [0.25, 0.3) is 0 Å². The molecule has 1 aromatic heterocycles. The number of hydrogen-bond donors (Lipinski definition) is 2. The van der Waals surface area contributed by atoms with Crippen LogP contribution in [0.1, 0.15) is 12.0 Å². The number of benzene rings is 1. The third-order valence-corrected chi connectivity index (χ3v) is 2.61. The summed E-state index contributed by atoms with van der Waals surface area (Å²) in [5.41, 5.74) is 6.92. The number of H-pyrrole nitrogens is 1. The lowest BCUT2D eigenvalue weighted by molar-refractivity contribution is -0.117. The molecule has 16 heavy (non-hydrogen) atoms. The molecule has 82 valence electrons. The predicted octanol–water partition coefficient (Wildman–Crippen LogP) is 2.71. The fourth-order valence-corrected chi connectivity index (χ4v) is 1.75. The molecule has 0 fully saturated rings. The van der Waals surface area contributed by atoms with Crippen molar-refractivity contribution < 1.29 is 4.79 Å². The van der Waals surface area contributed by atoms with Crippen LogP contribution in [0.2, 0.25) is 5.02 Å². The number of rotatable bonds is 3. The number of fused-ring (bicyclic) bond motifs is 1. The minimum Gasteiger partial charge on any atom is -0.369 e. The smallest absolute Gasteiger partial charge is 0.221 e. The highest BCUT2D eigenvalue weighted by atomic mass is 35.5. The summed E-state index contributed by atoms with van der Waals surface area (Å²) in [6.45, 7) is 0. The first-order valence-corrected chi connectivity index (χ1v) is 5.26. The zero-order valence-electron chi connectivity index (χ0n) is 8.53. The highest BCUT2D eigenvalue weighted by Crippen LogP contribution is 2.24. The molecule has 0 spiro atoms. The van der Waals surface area contributed by atoms with E-state index in [0.29, 0.717) is 5.02 Å². The molecule has 0 bridgehead atoms. The third-order valence-electron chi connectivity index (χ3n) is 2.29. The summed E-state index contributed by atoms with van der Waals surface area (Å²) in [5, 5.41) is 1.73. The highest BCUT2D eigenvalue weighted by Gasteiger charge is 2.01. The van der Waals surface area contributed by atoms with Crippen LogP contribution < -0.4 is 5.73 Å². The number of halogens is 1. The molecular weight excluding hydrogens is 224 g/mol. The van der Waals surface area contributed by atoms with E-state index < -0.39 is 0 Å². The Morgan fingerprint density at radius 1 is 1.50 bits per heavy atom. The van der Waals surface area contributed by atoms with Gasteiger partial charge in [0.15, 0.2) is 0 Å². The molecule has 3 N–H and O–H groups in total. The molecule has 1 aromatic carbocycles. The Balaban J connectivity index is 2.32. The lowest BCUT2D eigenvalue weighted by atomic mass is 10.1. The maximum Gasteiger partial charge on any atom is 0.221 e. The van der Waals surface area contributed by atoms with Gasteiger partial charge < -0.3 is 10.7 Å². The quantitative estimate of drug-likeness (QED) is 0.843. The number of aromatic amines is 1. The van der Waals surface area contributed by atoms with E-state index in [1.165, 1.54) is 0 Å². The highest BCUT2D eigenvalue weighted by molar-refractivity contribution is 6.32. The lowest BCUT2D eigenvalue weighted by Gasteiger charge is -1.99. The molecule has 0 saturated heterocycles. The topological polar surface area (TPSA) is 58.9 Å². The molecule has 0 aliphatic heterocycles. The summed E-state index contributed by atoms with van der Waals surface area (Å²) in [7, 11) is 0. The molecule has 0 aliphatic rings. The Hall–Kier alpha value is -1.74. The van der Waals surface area contributed by atoms with Gasteiger partial charge in [0.1, 0.15) is 0 Å². The van der Waals surface area contributed by atoms with Crippen LogP contribution in [0, 0.1) is 0 Å². The number of carbonyl (C=O) groups is 1. The Bertz CT molecular complexity index is 557. The molecule has 0 radical (unpaired) electrons. The summed E-state index contributed by atoms with van der Waals surface area (Å²) in [5.74, 6) is -0.352. The molecular formula is C12H11ClN2O. The number of aromatic nitrogens is 1. The zero-order valence-corrected chi connectivity index (χ0v) is 9.29. The Morgan fingerprint density at radius 3 is 3.06 bits per heavy atom. The zero-order chi connectivity index (χ0) is 11.5. The molecule has 0 unspecified atom stereocenters.